The molecule has 0 aliphatic carbocycles. The van der Waals surface area contributed by atoms with Crippen LogP contribution in [0, 0.1) is 10.1 Å². The molecule has 0 fully saturated rings. The van der Waals surface area contributed by atoms with Crippen molar-refractivity contribution >= 4 is 34.2 Å². The summed E-state index contributed by atoms with van der Waals surface area (Å²) in [6, 6.07) is 19.4. The van der Waals surface area contributed by atoms with Gasteiger partial charge in [0.05, 0.1) is 24.2 Å². The van der Waals surface area contributed by atoms with Crippen LogP contribution in [0.2, 0.25) is 5.02 Å². The number of halogens is 1. The van der Waals surface area contributed by atoms with Gasteiger partial charge in [-0.15, -0.1) is 0 Å². The molecule has 0 aliphatic heterocycles. The second-order valence-electron chi connectivity index (χ2n) is 7.32. The first-order valence-electron chi connectivity index (χ1n) is 10.3. The van der Waals surface area contributed by atoms with Crippen molar-refractivity contribution in [3.8, 4) is 11.4 Å². The Bertz CT molecular complexity index is 1350. The molecule has 168 valence electrons. The average Bonchev–Trinajstić information content (AvgIpc) is 3.13. The molecule has 4 rings (SSSR count). The van der Waals surface area contributed by atoms with Crippen molar-refractivity contribution in [1.82, 2.24) is 4.57 Å². The van der Waals surface area contributed by atoms with E-state index in [-0.39, 0.29) is 28.7 Å². The van der Waals surface area contributed by atoms with E-state index in [0.717, 1.165) is 10.9 Å². The van der Waals surface area contributed by atoms with Crippen molar-refractivity contribution in [2.75, 3.05) is 13.7 Å². The lowest BCUT2D eigenvalue weighted by Crippen LogP contribution is -2.14. The minimum Gasteiger partial charge on any atom is -0.497 e. The third-order valence-corrected chi connectivity index (χ3v) is 5.58. The molecule has 0 saturated heterocycles. The molecule has 0 aliphatic rings. The van der Waals surface area contributed by atoms with Gasteiger partial charge in [0.1, 0.15) is 17.1 Å². The number of esters is 1. The fourth-order valence-corrected chi connectivity index (χ4v) is 4.10. The first-order chi connectivity index (χ1) is 15.9. The topological polar surface area (TPSA) is 83.6 Å². The van der Waals surface area contributed by atoms with Gasteiger partial charge in [0.15, 0.2) is 0 Å². The number of ether oxygens (including phenoxy) is 2. The molecule has 0 N–H and O–H groups in total. The average molecular weight is 465 g/mol. The highest BCUT2D eigenvalue weighted by atomic mass is 35.5. The molecule has 33 heavy (non-hydrogen) atoms. The van der Waals surface area contributed by atoms with Crippen LogP contribution in [0.3, 0.4) is 0 Å². The molecule has 0 atom stereocenters. The number of benzene rings is 3. The van der Waals surface area contributed by atoms with E-state index in [1.807, 2.05) is 36.4 Å². The Morgan fingerprint density at radius 1 is 1.09 bits per heavy atom. The van der Waals surface area contributed by atoms with E-state index >= 15 is 0 Å². The van der Waals surface area contributed by atoms with Crippen molar-refractivity contribution in [3.05, 3.63) is 98.7 Å². The third-order valence-electron chi connectivity index (χ3n) is 5.35. The predicted octanol–water partition coefficient (Wildman–Crippen LogP) is 5.97. The summed E-state index contributed by atoms with van der Waals surface area (Å²) in [6.07, 6.45) is 0.424. The van der Waals surface area contributed by atoms with Gasteiger partial charge in [-0.05, 0) is 48.4 Å². The van der Waals surface area contributed by atoms with Gasteiger partial charge in [0.2, 0.25) is 0 Å². The maximum atomic E-state index is 13.3. The van der Waals surface area contributed by atoms with Gasteiger partial charge in [-0.3, -0.25) is 14.7 Å². The molecule has 3 aromatic carbocycles. The zero-order valence-electron chi connectivity index (χ0n) is 18.1. The number of carbonyl (C=O) groups is 1. The first kappa shape index (κ1) is 22.4. The summed E-state index contributed by atoms with van der Waals surface area (Å²) in [7, 11) is 1.56. The summed E-state index contributed by atoms with van der Waals surface area (Å²) in [5.74, 6) is 0.0397. The van der Waals surface area contributed by atoms with Crippen LogP contribution in [0.4, 0.5) is 5.69 Å². The molecule has 0 radical (unpaired) electrons. The molecule has 1 heterocycles. The quantitative estimate of drug-likeness (QED) is 0.191. The third kappa shape index (κ3) is 4.27. The number of methoxy groups -OCH3 is 1. The number of fused-ring (bicyclic) bond motifs is 1. The molecule has 0 spiro atoms. The van der Waals surface area contributed by atoms with E-state index in [0.29, 0.717) is 23.3 Å². The SMILES string of the molecule is CCOC(=O)c1c(Cc2ccccc2)c2cc(OC)ccc2n1-c1ccc(Cl)cc1[N+](=O)[O-]. The van der Waals surface area contributed by atoms with E-state index in [1.165, 1.54) is 6.07 Å². The molecule has 0 bridgehead atoms. The minimum atomic E-state index is -0.567. The lowest BCUT2D eigenvalue weighted by atomic mass is 10.0. The summed E-state index contributed by atoms with van der Waals surface area (Å²) < 4.78 is 12.4. The number of nitro groups is 1. The van der Waals surface area contributed by atoms with Gasteiger partial charge in [0, 0.05) is 22.9 Å². The van der Waals surface area contributed by atoms with Crippen LogP contribution in [0.1, 0.15) is 28.5 Å². The van der Waals surface area contributed by atoms with Crippen LogP contribution >= 0.6 is 11.6 Å². The maximum Gasteiger partial charge on any atom is 0.355 e. The fourth-order valence-electron chi connectivity index (χ4n) is 3.94. The van der Waals surface area contributed by atoms with Gasteiger partial charge in [-0.25, -0.2) is 4.79 Å². The summed E-state index contributed by atoms with van der Waals surface area (Å²) in [5.41, 5.74) is 2.53. The first-order valence-corrected chi connectivity index (χ1v) is 10.7. The van der Waals surface area contributed by atoms with Gasteiger partial charge < -0.3 is 9.47 Å². The van der Waals surface area contributed by atoms with Crippen LogP contribution < -0.4 is 4.74 Å². The van der Waals surface area contributed by atoms with Crippen molar-refractivity contribution in [2.45, 2.75) is 13.3 Å². The number of nitro benzene ring substituents is 1. The van der Waals surface area contributed by atoms with Crippen LogP contribution in [-0.2, 0) is 11.2 Å². The summed E-state index contributed by atoms with van der Waals surface area (Å²) in [5, 5.41) is 12.9. The second-order valence-corrected chi connectivity index (χ2v) is 7.76. The summed E-state index contributed by atoms with van der Waals surface area (Å²) in [4.78, 5) is 24.6. The Kier molecular flexibility index (Phi) is 6.33. The molecular weight excluding hydrogens is 444 g/mol. The van der Waals surface area contributed by atoms with Crippen molar-refractivity contribution < 1.29 is 19.2 Å². The fraction of sp³-hybridized carbons (Fsp3) is 0.160. The molecule has 0 unspecified atom stereocenters. The van der Waals surface area contributed by atoms with Crippen LogP contribution in [0.15, 0.2) is 66.7 Å². The normalized spacial score (nSPS) is 10.9. The number of nitrogens with zero attached hydrogens (tertiary/aromatic N) is 2. The van der Waals surface area contributed by atoms with Crippen molar-refractivity contribution in [2.24, 2.45) is 0 Å². The molecule has 8 heteroatoms. The molecule has 0 saturated carbocycles. The standard InChI is InChI=1S/C25H21ClN2O5/c1-3-33-25(29)24-20(13-16-7-5-4-6-8-16)19-15-18(32-2)10-12-21(19)27(24)22-11-9-17(26)14-23(22)28(30)31/h4-12,14-15H,3,13H2,1-2H3. The molecule has 1 aromatic heterocycles. The number of hydrogen-bond donors (Lipinski definition) is 0. The molecule has 4 aromatic rings. The Balaban J connectivity index is 2.11. The van der Waals surface area contributed by atoms with Gasteiger partial charge >= 0.3 is 5.97 Å². The number of hydrogen-bond acceptors (Lipinski definition) is 5. The van der Waals surface area contributed by atoms with Crippen molar-refractivity contribution in [1.29, 1.82) is 0 Å². The largest absolute Gasteiger partial charge is 0.497 e. The van der Waals surface area contributed by atoms with Crippen LogP contribution in [0.5, 0.6) is 5.75 Å². The van der Waals surface area contributed by atoms with Gasteiger partial charge in [-0.2, -0.15) is 0 Å². The number of carbonyl (C=O) groups excluding carboxylic acids is 1. The molecular formula is C25H21ClN2O5. The zero-order valence-corrected chi connectivity index (χ0v) is 18.8. The lowest BCUT2D eigenvalue weighted by Gasteiger charge is -2.12. The van der Waals surface area contributed by atoms with E-state index in [1.54, 1.807) is 42.9 Å². The van der Waals surface area contributed by atoms with E-state index < -0.39 is 10.9 Å². The van der Waals surface area contributed by atoms with Crippen molar-refractivity contribution in [3.63, 3.8) is 0 Å². The Labute approximate surface area is 195 Å². The number of aromatic nitrogens is 1. The summed E-state index contributed by atoms with van der Waals surface area (Å²) in [6.45, 7) is 1.88. The molecule has 0 amide bonds. The highest BCUT2D eigenvalue weighted by Crippen LogP contribution is 2.37. The van der Waals surface area contributed by atoms with Gasteiger partial charge in [-0.1, -0.05) is 41.9 Å². The van der Waals surface area contributed by atoms with Crippen LogP contribution in [-0.4, -0.2) is 29.2 Å². The Morgan fingerprint density at radius 2 is 1.85 bits per heavy atom. The lowest BCUT2D eigenvalue weighted by molar-refractivity contribution is -0.384. The van der Waals surface area contributed by atoms with E-state index in [9.17, 15) is 14.9 Å². The molecule has 7 nitrogen and oxygen atoms in total. The smallest absolute Gasteiger partial charge is 0.355 e. The highest BCUT2D eigenvalue weighted by Gasteiger charge is 2.29. The predicted molar refractivity (Wildman–Crippen MR) is 127 cm³/mol. The second kappa shape index (κ2) is 9.34. The Morgan fingerprint density at radius 3 is 2.52 bits per heavy atom. The minimum absolute atomic E-state index is 0.164. The van der Waals surface area contributed by atoms with E-state index in [2.05, 4.69) is 0 Å². The highest BCUT2D eigenvalue weighted by molar-refractivity contribution is 6.30. The monoisotopic (exact) mass is 464 g/mol. The van der Waals surface area contributed by atoms with Crippen LogP contribution in [0.25, 0.3) is 16.6 Å². The Hall–Kier alpha value is -3.84. The zero-order chi connectivity index (χ0) is 23.5. The van der Waals surface area contributed by atoms with E-state index in [4.69, 9.17) is 21.1 Å². The summed E-state index contributed by atoms with van der Waals surface area (Å²) >= 11 is 6.05. The number of rotatable bonds is 7. The maximum absolute atomic E-state index is 13.3. The van der Waals surface area contributed by atoms with Gasteiger partial charge in [0.25, 0.3) is 5.69 Å².